The average Bonchev–Trinajstić information content (AvgIpc) is 3.12. The Balaban J connectivity index is 1.93. The van der Waals surface area contributed by atoms with Crippen molar-refractivity contribution in [2.45, 2.75) is 45.8 Å². The number of hydrogen-bond acceptors (Lipinski definition) is 4. The number of carbonyl (C=O) groups excluding carboxylic acids is 2. The van der Waals surface area contributed by atoms with Crippen molar-refractivity contribution in [3.8, 4) is 0 Å². The maximum atomic E-state index is 12.4. The van der Waals surface area contributed by atoms with Crippen LogP contribution in [0, 0.1) is 6.92 Å². The molecule has 0 aliphatic heterocycles. The van der Waals surface area contributed by atoms with E-state index in [0.29, 0.717) is 17.8 Å². The van der Waals surface area contributed by atoms with E-state index in [1.807, 2.05) is 43.5 Å². The molecule has 128 valence electrons. The number of nitrogens with one attached hydrogen (secondary N) is 1. The first-order chi connectivity index (χ1) is 11.6. The second-order valence-corrected chi connectivity index (χ2v) is 6.66. The molecule has 0 saturated carbocycles. The zero-order valence-corrected chi connectivity index (χ0v) is 14.9. The van der Waals surface area contributed by atoms with Crippen molar-refractivity contribution in [1.29, 1.82) is 0 Å². The second-order valence-electron chi connectivity index (χ2n) is 5.72. The lowest BCUT2D eigenvalue weighted by Crippen LogP contribution is -2.37. The molecule has 0 radical (unpaired) electrons. The van der Waals surface area contributed by atoms with E-state index in [2.05, 4.69) is 5.32 Å². The lowest BCUT2D eigenvalue weighted by molar-refractivity contribution is -0.130. The van der Waals surface area contributed by atoms with E-state index in [4.69, 9.17) is 4.74 Å². The van der Waals surface area contributed by atoms with E-state index >= 15 is 0 Å². The van der Waals surface area contributed by atoms with Crippen molar-refractivity contribution >= 4 is 23.2 Å². The van der Waals surface area contributed by atoms with Crippen LogP contribution in [0.25, 0.3) is 0 Å². The summed E-state index contributed by atoms with van der Waals surface area (Å²) < 4.78 is 5.43. The van der Waals surface area contributed by atoms with E-state index in [-0.39, 0.29) is 5.91 Å². The van der Waals surface area contributed by atoms with Crippen LogP contribution in [0.4, 0.5) is 0 Å². The summed E-state index contributed by atoms with van der Waals surface area (Å²) in [5.74, 6) is -0.675. The molecule has 0 aliphatic carbocycles. The standard InChI is InChI=1S/C19H23NO3S/c1-3-4-6-16(23-19(22)17-7-5-12-24-17)18(21)20-13-15-10-8-14(2)9-11-15/h5,7-12,16H,3-4,6,13H2,1-2H3,(H,20,21)/t16-/m1/s1. The first kappa shape index (κ1) is 18.2. The van der Waals surface area contributed by atoms with Gasteiger partial charge in [-0.25, -0.2) is 4.79 Å². The number of benzene rings is 1. The van der Waals surface area contributed by atoms with Gasteiger partial charge in [0.15, 0.2) is 6.10 Å². The van der Waals surface area contributed by atoms with Crippen molar-refractivity contribution in [2.24, 2.45) is 0 Å². The molecule has 0 bridgehead atoms. The van der Waals surface area contributed by atoms with Gasteiger partial charge in [0.25, 0.3) is 5.91 Å². The van der Waals surface area contributed by atoms with Crippen LogP contribution in [0.1, 0.15) is 47.0 Å². The third-order valence-corrected chi connectivity index (χ3v) is 4.52. The van der Waals surface area contributed by atoms with Gasteiger partial charge in [-0.05, 0) is 36.8 Å². The number of thiophene rings is 1. The predicted octanol–water partition coefficient (Wildman–Crippen LogP) is 4.09. The van der Waals surface area contributed by atoms with E-state index < -0.39 is 12.1 Å². The van der Waals surface area contributed by atoms with Crippen LogP contribution in [0.2, 0.25) is 0 Å². The minimum absolute atomic E-state index is 0.242. The summed E-state index contributed by atoms with van der Waals surface area (Å²) in [6.07, 6.45) is 1.57. The molecule has 1 amide bonds. The van der Waals surface area contributed by atoms with Crippen LogP contribution in [0.15, 0.2) is 41.8 Å². The van der Waals surface area contributed by atoms with E-state index in [1.54, 1.807) is 12.1 Å². The molecule has 0 aliphatic rings. The molecule has 0 fully saturated rings. The molecule has 1 atom stereocenters. The van der Waals surface area contributed by atoms with E-state index in [9.17, 15) is 9.59 Å². The van der Waals surface area contributed by atoms with Gasteiger partial charge in [0.05, 0.1) is 0 Å². The Kier molecular flexibility index (Phi) is 7.00. The molecule has 24 heavy (non-hydrogen) atoms. The summed E-state index contributed by atoms with van der Waals surface area (Å²) in [5.41, 5.74) is 2.20. The minimum atomic E-state index is -0.745. The van der Waals surface area contributed by atoms with Crippen LogP contribution in [0.5, 0.6) is 0 Å². The Morgan fingerprint density at radius 2 is 1.96 bits per heavy atom. The Labute approximate surface area is 146 Å². The third-order valence-electron chi connectivity index (χ3n) is 3.67. The van der Waals surface area contributed by atoms with Gasteiger partial charge in [0.2, 0.25) is 0 Å². The summed E-state index contributed by atoms with van der Waals surface area (Å²) in [4.78, 5) is 25.0. The number of carbonyl (C=O) groups is 2. The van der Waals surface area contributed by atoms with E-state index in [0.717, 1.165) is 18.4 Å². The molecule has 1 N–H and O–H groups in total. The van der Waals surface area contributed by atoms with Crippen molar-refractivity contribution in [1.82, 2.24) is 5.32 Å². The average molecular weight is 345 g/mol. The van der Waals surface area contributed by atoms with E-state index in [1.165, 1.54) is 16.9 Å². The Morgan fingerprint density at radius 3 is 2.58 bits per heavy atom. The molecule has 2 rings (SSSR count). The van der Waals surface area contributed by atoms with Crippen molar-refractivity contribution in [3.05, 3.63) is 57.8 Å². The fourth-order valence-electron chi connectivity index (χ4n) is 2.22. The molecule has 4 nitrogen and oxygen atoms in total. The van der Waals surface area contributed by atoms with Gasteiger partial charge in [-0.3, -0.25) is 4.79 Å². The Hall–Kier alpha value is -2.14. The van der Waals surface area contributed by atoms with Crippen LogP contribution >= 0.6 is 11.3 Å². The Bertz CT molecular complexity index is 650. The topological polar surface area (TPSA) is 55.4 Å². The first-order valence-corrected chi connectivity index (χ1v) is 9.06. The SMILES string of the molecule is CCCC[C@@H](OC(=O)c1cccs1)C(=O)NCc1ccc(C)cc1. The molecule has 5 heteroatoms. The molecule has 1 aromatic carbocycles. The van der Waals surface area contributed by atoms with Gasteiger partial charge in [0, 0.05) is 6.54 Å². The fraction of sp³-hybridized carbons (Fsp3) is 0.368. The van der Waals surface area contributed by atoms with Crippen molar-refractivity contribution in [2.75, 3.05) is 0 Å². The maximum absolute atomic E-state index is 12.4. The van der Waals surface area contributed by atoms with Gasteiger partial charge >= 0.3 is 5.97 Å². The number of hydrogen-bond donors (Lipinski definition) is 1. The monoisotopic (exact) mass is 345 g/mol. The highest BCUT2D eigenvalue weighted by Gasteiger charge is 2.23. The molecule has 1 aromatic heterocycles. The molecule has 0 saturated heterocycles. The van der Waals surface area contributed by atoms with Crippen LogP contribution in [-0.4, -0.2) is 18.0 Å². The molecular weight excluding hydrogens is 322 g/mol. The van der Waals surface area contributed by atoms with Crippen molar-refractivity contribution < 1.29 is 14.3 Å². The lowest BCUT2D eigenvalue weighted by Gasteiger charge is -2.17. The maximum Gasteiger partial charge on any atom is 0.349 e. The predicted molar refractivity (Wildman–Crippen MR) is 96.1 cm³/mol. The minimum Gasteiger partial charge on any atom is -0.448 e. The van der Waals surface area contributed by atoms with Gasteiger partial charge < -0.3 is 10.1 Å². The van der Waals surface area contributed by atoms with Gasteiger partial charge in [-0.2, -0.15) is 0 Å². The summed E-state index contributed by atoms with van der Waals surface area (Å²) in [6.45, 7) is 4.49. The molecule has 0 spiro atoms. The smallest absolute Gasteiger partial charge is 0.349 e. The third kappa shape index (κ3) is 5.49. The molecule has 2 aromatic rings. The summed E-state index contributed by atoms with van der Waals surface area (Å²) in [5, 5.41) is 4.68. The highest BCUT2D eigenvalue weighted by Crippen LogP contribution is 2.14. The van der Waals surface area contributed by atoms with Gasteiger partial charge in [-0.15, -0.1) is 11.3 Å². The highest BCUT2D eigenvalue weighted by molar-refractivity contribution is 7.11. The quantitative estimate of drug-likeness (QED) is 0.733. The second kappa shape index (κ2) is 9.23. The largest absolute Gasteiger partial charge is 0.448 e. The number of rotatable bonds is 8. The summed E-state index contributed by atoms with van der Waals surface area (Å²) in [6, 6.07) is 11.5. The molecule has 0 unspecified atom stereocenters. The molecular formula is C19H23NO3S. The zero-order chi connectivity index (χ0) is 17.4. The number of ether oxygens (including phenoxy) is 1. The first-order valence-electron chi connectivity index (χ1n) is 8.18. The zero-order valence-electron chi connectivity index (χ0n) is 14.1. The Morgan fingerprint density at radius 1 is 1.21 bits per heavy atom. The van der Waals surface area contributed by atoms with Gasteiger partial charge in [0.1, 0.15) is 4.88 Å². The normalized spacial score (nSPS) is 11.8. The molecule has 1 heterocycles. The van der Waals surface area contributed by atoms with Crippen LogP contribution < -0.4 is 5.32 Å². The fourth-order valence-corrected chi connectivity index (χ4v) is 2.83. The highest BCUT2D eigenvalue weighted by atomic mass is 32.1. The number of esters is 1. The van der Waals surface area contributed by atoms with Crippen LogP contribution in [0.3, 0.4) is 0 Å². The van der Waals surface area contributed by atoms with Crippen LogP contribution in [-0.2, 0) is 16.1 Å². The lowest BCUT2D eigenvalue weighted by atomic mass is 10.1. The summed E-state index contributed by atoms with van der Waals surface area (Å²) >= 11 is 1.31. The number of aryl methyl sites for hydroxylation is 1. The van der Waals surface area contributed by atoms with Gasteiger partial charge in [-0.1, -0.05) is 49.2 Å². The number of unbranched alkanes of at least 4 members (excludes halogenated alkanes) is 1. The number of amides is 1. The van der Waals surface area contributed by atoms with Crippen molar-refractivity contribution in [3.63, 3.8) is 0 Å². The summed E-state index contributed by atoms with van der Waals surface area (Å²) in [7, 11) is 0.